The smallest absolute Gasteiger partial charge is 0.309 e. The zero-order chi connectivity index (χ0) is 19.1. The normalized spacial score (nSPS) is 15.6. The quantitative estimate of drug-likeness (QED) is 0.834. The summed E-state index contributed by atoms with van der Waals surface area (Å²) in [4.78, 5) is 12.4. The van der Waals surface area contributed by atoms with Gasteiger partial charge in [-0.05, 0) is 30.5 Å². The number of hydrogen-bond acceptors (Lipinski definition) is 6. The number of rotatable bonds is 6. The molecule has 1 fully saturated rings. The molecule has 27 heavy (non-hydrogen) atoms. The lowest BCUT2D eigenvalue weighted by Crippen LogP contribution is -2.35. The molecule has 0 bridgehead atoms. The molecule has 1 heterocycles. The first-order chi connectivity index (χ1) is 13.2. The molecule has 3 rings (SSSR count). The van der Waals surface area contributed by atoms with Gasteiger partial charge in [-0.15, -0.1) is 10.2 Å². The van der Waals surface area contributed by atoms with E-state index in [2.05, 4.69) is 15.5 Å². The average Bonchev–Trinajstić information content (AvgIpc) is 3.12. The molecule has 2 aromatic rings. The summed E-state index contributed by atoms with van der Waals surface area (Å²) >= 11 is 0. The van der Waals surface area contributed by atoms with Crippen molar-refractivity contribution in [2.45, 2.75) is 57.4 Å². The number of benzene rings is 1. The van der Waals surface area contributed by atoms with Crippen molar-refractivity contribution in [2.75, 3.05) is 14.2 Å². The lowest BCUT2D eigenvalue weighted by atomic mass is 9.97. The van der Waals surface area contributed by atoms with Gasteiger partial charge in [-0.2, -0.15) is 0 Å². The van der Waals surface area contributed by atoms with Gasteiger partial charge in [0, 0.05) is 6.04 Å². The molecule has 0 atom stereocenters. The van der Waals surface area contributed by atoms with Gasteiger partial charge in [0.05, 0.1) is 20.6 Å². The van der Waals surface area contributed by atoms with E-state index < -0.39 is 0 Å². The fourth-order valence-electron chi connectivity index (χ4n) is 3.43. The molecule has 1 saturated carbocycles. The van der Waals surface area contributed by atoms with Gasteiger partial charge < -0.3 is 19.2 Å². The fourth-order valence-corrected chi connectivity index (χ4v) is 3.43. The molecule has 0 radical (unpaired) electrons. The van der Waals surface area contributed by atoms with E-state index in [1.54, 1.807) is 14.2 Å². The van der Waals surface area contributed by atoms with Crippen LogP contribution >= 0.6 is 0 Å². The first-order valence-electron chi connectivity index (χ1n) is 9.53. The number of carbonyl (C=O) groups is 1. The summed E-state index contributed by atoms with van der Waals surface area (Å²) in [6, 6.07) is 5.78. The van der Waals surface area contributed by atoms with Gasteiger partial charge in [0.1, 0.15) is 0 Å². The third-order valence-corrected chi connectivity index (χ3v) is 4.90. The van der Waals surface area contributed by atoms with Gasteiger partial charge in [-0.25, -0.2) is 0 Å². The van der Waals surface area contributed by atoms with Crippen molar-refractivity contribution >= 4 is 5.91 Å². The van der Waals surface area contributed by atoms with Crippen LogP contribution in [-0.4, -0.2) is 36.4 Å². The minimum atomic E-state index is -0.286. The number of amides is 1. The maximum absolute atomic E-state index is 12.4. The van der Waals surface area contributed by atoms with Crippen LogP contribution in [0.25, 0.3) is 0 Å². The molecule has 0 saturated heterocycles. The lowest BCUT2D eigenvalue weighted by molar-refractivity contribution is 0.0893. The van der Waals surface area contributed by atoms with Crippen LogP contribution in [0.3, 0.4) is 0 Å². The van der Waals surface area contributed by atoms with Gasteiger partial charge in [0.15, 0.2) is 11.5 Å². The Bertz CT molecular complexity index is 751. The highest BCUT2D eigenvalue weighted by molar-refractivity contribution is 5.89. The summed E-state index contributed by atoms with van der Waals surface area (Å²) < 4.78 is 16.1. The fraction of sp³-hybridized carbons (Fsp3) is 0.550. The summed E-state index contributed by atoms with van der Waals surface area (Å²) in [5.41, 5.74) is 0.934. The van der Waals surface area contributed by atoms with E-state index in [0.717, 1.165) is 31.2 Å². The van der Waals surface area contributed by atoms with Crippen molar-refractivity contribution in [2.24, 2.45) is 0 Å². The molecule has 7 nitrogen and oxygen atoms in total. The predicted octanol–water partition coefficient (Wildman–Crippen LogP) is 3.52. The first-order valence-corrected chi connectivity index (χ1v) is 9.53. The third-order valence-electron chi connectivity index (χ3n) is 4.90. The molecule has 0 aliphatic heterocycles. The summed E-state index contributed by atoms with van der Waals surface area (Å²) in [6.45, 7) is 0. The highest BCUT2D eigenvalue weighted by atomic mass is 16.5. The molecule has 1 aliphatic carbocycles. The Morgan fingerprint density at radius 1 is 1.07 bits per heavy atom. The van der Waals surface area contributed by atoms with Crippen molar-refractivity contribution < 1.29 is 18.7 Å². The highest BCUT2D eigenvalue weighted by Crippen LogP contribution is 2.28. The Hall–Kier alpha value is -2.57. The largest absolute Gasteiger partial charge is 0.493 e. The number of ether oxygens (including phenoxy) is 2. The van der Waals surface area contributed by atoms with E-state index in [4.69, 9.17) is 13.9 Å². The summed E-state index contributed by atoms with van der Waals surface area (Å²) in [7, 11) is 3.18. The standard InChI is InChI=1S/C20H27N3O4/c1-25-16-11-10-14(12-17(16)26-2)13-18-22-23-20(27-18)19(24)21-15-8-6-4-3-5-7-9-15/h10-12,15H,3-9,13H2,1-2H3,(H,21,24). The molecule has 0 unspecified atom stereocenters. The topological polar surface area (TPSA) is 86.5 Å². The predicted molar refractivity (Wildman–Crippen MR) is 100 cm³/mol. The van der Waals surface area contributed by atoms with Crippen LogP contribution in [0, 0.1) is 0 Å². The zero-order valence-corrected chi connectivity index (χ0v) is 16.0. The van der Waals surface area contributed by atoms with E-state index in [1.807, 2.05) is 18.2 Å². The minimum absolute atomic E-state index is 0.0209. The zero-order valence-electron chi connectivity index (χ0n) is 16.0. The van der Waals surface area contributed by atoms with Crippen molar-refractivity contribution in [3.63, 3.8) is 0 Å². The Kier molecular flexibility index (Phi) is 6.68. The molecule has 1 N–H and O–H groups in total. The average molecular weight is 373 g/mol. The SMILES string of the molecule is COc1ccc(Cc2nnc(C(=O)NC3CCCCCCC3)o2)cc1OC. The molecular formula is C20H27N3O4. The second-order valence-electron chi connectivity index (χ2n) is 6.88. The Labute approximate surface area is 159 Å². The maximum Gasteiger partial charge on any atom is 0.309 e. The van der Waals surface area contributed by atoms with Crippen molar-refractivity contribution in [1.82, 2.24) is 15.5 Å². The molecule has 1 amide bonds. The van der Waals surface area contributed by atoms with Crippen LogP contribution in [0.5, 0.6) is 11.5 Å². The number of nitrogens with zero attached hydrogens (tertiary/aromatic N) is 2. The molecule has 1 aliphatic rings. The van der Waals surface area contributed by atoms with Crippen LogP contribution in [-0.2, 0) is 6.42 Å². The Morgan fingerprint density at radius 2 is 1.78 bits per heavy atom. The van der Waals surface area contributed by atoms with Crippen molar-refractivity contribution in [3.05, 3.63) is 35.5 Å². The Balaban J connectivity index is 1.61. The Morgan fingerprint density at radius 3 is 2.48 bits per heavy atom. The number of nitrogens with one attached hydrogen (secondary N) is 1. The van der Waals surface area contributed by atoms with E-state index >= 15 is 0 Å². The van der Waals surface area contributed by atoms with Crippen LogP contribution in [0.4, 0.5) is 0 Å². The van der Waals surface area contributed by atoms with Crippen LogP contribution in [0.2, 0.25) is 0 Å². The number of hydrogen-bond donors (Lipinski definition) is 1. The number of carbonyl (C=O) groups excluding carboxylic acids is 1. The van der Waals surface area contributed by atoms with Crippen LogP contribution in [0.1, 0.15) is 67.1 Å². The third kappa shape index (κ3) is 5.21. The molecule has 0 spiro atoms. The van der Waals surface area contributed by atoms with E-state index in [0.29, 0.717) is 23.8 Å². The lowest BCUT2D eigenvalue weighted by Gasteiger charge is -2.19. The van der Waals surface area contributed by atoms with E-state index in [9.17, 15) is 4.79 Å². The minimum Gasteiger partial charge on any atom is -0.493 e. The molecular weight excluding hydrogens is 346 g/mol. The van der Waals surface area contributed by atoms with Gasteiger partial charge in [-0.3, -0.25) is 4.79 Å². The van der Waals surface area contributed by atoms with Gasteiger partial charge >= 0.3 is 11.8 Å². The van der Waals surface area contributed by atoms with Crippen LogP contribution < -0.4 is 14.8 Å². The van der Waals surface area contributed by atoms with Gasteiger partial charge in [0.2, 0.25) is 5.89 Å². The van der Waals surface area contributed by atoms with Crippen LogP contribution in [0.15, 0.2) is 22.6 Å². The second-order valence-corrected chi connectivity index (χ2v) is 6.88. The van der Waals surface area contributed by atoms with E-state index in [-0.39, 0.29) is 17.8 Å². The summed E-state index contributed by atoms with van der Waals surface area (Å²) in [5.74, 6) is 1.42. The molecule has 1 aromatic carbocycles. The molecule has 7 heteroatoms. The highest BCUT2D eigenvalue weighted by Gasteiger charge is 2.20. The number of aromatic nitrogens is 2. The second kappa shape index (κ2) is 9.39. The molecule has 1 aromatic heterocycles. The number of methoxy groups -OCH3 is 2. The first kappa shape index (κ1) is 19.2. The summed E-state index contributed by atoms with van der Waals surface area (Å²) in [5, 5.41) is 11.0. The van der Waals surface area contributed by atoms with Crippen molar-refractivity contribution in [1.29, 1.82) is 0 Å². The summed E-state index contributed by atoms with van der Waals surface area (Å²) in [6.07, 6.45) is 8.52. The maximum atomic E-state index is 12.4. The van der Waals surface area contributed by atoms with Gasteiger partial charge in [0.25, 0.3) is 0 Å². The molecule has 146 valence electrons. The monoisotopic (exact) mass is 373 g/mol. The van der Waals surface area contributed by atoms with Crippen molar-refractivity contribution in [3.8, 4) is 11.5 Å². The van der Waals surface area contributed by atoms with E-state index in [1.165, 1.54) is 19.3 Å². The van der Waals surface area contributed by atoms with Gasteiger partial charge in [-0.1, -0.05) is 38.2 Å².